The van der Waals surface area contributed by atoms with Crippen LogP contribution in [0.3, 0.4) is 0 Å². The predicted octanol–water partition coefficient (Wildman–Crippen LogP) is 2.21. The number of carbonyl (C=O) groups is 2. The molecule has 2 aromatic carbocycles. The molecule has 0 atom stereocenters. The Morgan fingerprint density at radius 2 is 1.92 bits per heavy atom. The lowest BCUT2D eigenvalue weighted by Crippen LogP contribution is -2.28. The van der Waals surface area contributed by atoms with E-state index in [-0.39, 0.29) is 13.4 Å². The number of hydrogen-bond acceptors (Lipinski definition) is 6. The first-order valence-electron chi connectivity index (χ1n) is 8.04. The van der Waals surface area contributed by atoms with Crippen LogP contribution in [-0.2, 0) is 16.1 Å². The monoisotopic (exact) mass is 357 g/mol. The second kappa shape index (κ2) is 7.77. The van der Waals surface area contributed by atoms with Crippen molar-refractivity contribution in [2.24, 2.45) is 0 Å². The van der Waals surface area contributed by atoms with Crippen LogP contribution in [-0.4, -0.2) is 32.4 Å². The molecule has 7 heteroatoms. The largest absolute Gasteiger partial charge is 0.496 e. The van der Waals surface area contributed by atoms with Gasteiger partial charge in [0.05, 0.1) is 12.7 Å². The molecule has 26 heavy (non-hydrogen) atoms. The number of carbonyl (C=O) groups excluding carboxylic acids is 2. The van der Waals surface area contributed by atoms with Gasteiger partial charge in [0.15, 0.2) is 18.1 Å². The molecule has 7 nitrogen and oxygen atoms in total. The molecule has 0 bridgehead atoms. The standard InChI is InChI=1S/C19H19NO6/c1-12-3-5-14(8-16(12)23-2)19(22)24-10-18(21)20-9-13-4-6-15-17(7-13)26-11-25-15/h3-8H,9-11H2,1-2H3,(H,20,21). The van der Waals surface area contributed by atoms with Gasteiger partial charge in [-0.2, -0.15) is 0 Å². The van der Waals surface area contributed by atoms with Crippen molar-refractivity contribution in [1.29, 1.82) is 0 Å². The fourth-order valence-corrected chi connectivity index (χ4v) is 2.46. The van der Waals surface area contributed by atoms with Crippen molar-refractivity contribution < 1.29 is 28.5 Å². The molecule has 0 saturated carbocycles. The van der Waals surface area contributed by atoms with Crippen molar-refractivity contribution in [3.05, 3.63) is 53.1 Å². The van der Waals surface area contributed by atoms with Crippen molar-refractivity contribution in [3.63, 3.8) is 0 Å². The summed E-state index contributed by atoms with van der Waals surface area (Å²) in [4.78, 5) is 23.9. The van der Waals surface area contributed by atoms with Crippen LogP contribution >= 0.6 is 0 Å². The summed E-state index contributed by atoms with van der Waals surface area (Å²) in [5, 5.41) is 2.69. The summed E-state index contributed by atoms with van der Waals surface area (Å²) < 4.78 is 20.7. The van der Waals surface area contributed by atoms with Gasteiger partial charge in [-0.25, -0.2) is 4.79 Å². The van der Waals surface area contributed by atoms with Crippen molar-refractivity contribution in [2.75, 3.05) is 20.5 Å². The minimum atomic E-state index is -0.582. The Morgan fingerprint density at radius 3 is 2.73 bits per heavy atom. The quantitative estimate of drug-likeness (QED) is 0.798. The summed E-state index contributed by atoms with van der Waals surface area (Å²) in [5.74, 6) is 0.947. The highest BCUT2D eigenvalue weighted by Crippen LogP contribution is 2.32. The average molecular weight is 357 g/mol. The molecular weight excluding hydrogens is 338 g/mol. The molecule has 1 aliphatic heterocycles. The Balaban J connectivity index is 1.48. The summed E-state index contributed by atoms with van der Waals surface area (Å²) >= 11 is 0. The van der Waals surface area contributed by atoms with Crippen molar-refractivity contribution >= 4 is 11.9 Å². The third-order valence-corrected chi connectivity index (χ3v) is 3.90. The number of esters is 1. The molecule has 0 aromatic heterocycles. The zero-order valence-electron chi connectivity index (χ0n) is 14.5. The number of fused-ring (bicyclic) bond motifs is 1. The second-order valence-electron chi connectivity index (χ2n) is 5.72. The van der Waals surface area contributed by atoms with Crippen LogP contribution in [0.25, 0.3) is 0 Å². The molecule has 3 rings (SSSR count). The Bertz CT molecular complexity index is 833. The third-order valence-electron chi connectivity index (χ3n) is 3.90. The minimum absolute atomic E-state index is 0.199. The van der Waals surface area contributed by atoms with E-state index in [9.17, 15) is 9.59 Å². The van der Waals surface area contributed by atoms with Crippen LogP contribution in [0, 0.1) is 6.92 Å². The van der Waals surface area contributed by atoms with Gasteiger partial charge in [-0.3, -0.25) is 4.79 Å². The van der Waals surface area contributed by atoms with Crippen LogP contribution in [0.4, 0.5) is 0 Å². The predicted molar refractivity (Wildman–Crippen MR) is 92.4 cm³/mol. The number of hydrogen-bond donors (Lipinski definition) is 1. The van der Waals surface area contributed by atoms with Gasteiger partial charge >= 0.3 is 5.97 Å². The number of methoxy groups -OCH3 is 1. The molecule has 1 heterocycles. The zero-order valence-corrected chi connectivity index (χ0v) is 14.5. The van der Waals surface area contributed by atoms with Gasteiger partial charge in [0.1, 0.15) is 5.75 Å². The molecule has 0 fully saturated rings. The fourth-order valence-electron chi connectivity index (χ4n) is 2.46. The molecule has 0 saturated heterocycles. The maximum absolute atomic E-state index is 12.0. The normalized spacial score (nSPS) is 11.8. The number of rotatable bonds is 6. The van der Waals surface area contributed by atoms with E-state index in [2.05, 4.69) is 5.32 Å². The maximum atomic E-state index is 12.0. The summed E-state index contributed by atoms with van der Waals surface area (Å²) in [7, 11) is 1.53. The lowest BCUT2D eigenvalue weighted by molar-refractivity contribution is -0.124. The van der Waals surface area contributed by atoms with E-state index in [0.29, 0.717) is 29.4 Å². The Morgan fingerprint density at radius 1 is 1.12 bits per heavy atom. The van der Waals surface area contributed by atoms with Gasteiger partial charge in [0.2, 0.25) is 6.79 Å². The molecule has 2 aromatic rings. The second-order valence-corrected chi connectivity index (χ2v) is 5.72. The maximum Gasteiger partial charge on any atom is 0.338 e. The number of benzene rings is 2. The minimum Gasteiger partial charge on any atom is -0.496 e. The summed E-state index contributed by atoms with van der Waals surface area (Å²) in [6.07, 6.45) is 0. The molecular formula is C19H19NO6. The van der Waals surface area contributed by atoms with Gasteiger partial charge in [0.25, 0.3) is 5.91 Å². The third kappa shape index (κ3) is 4.05. The highest BCUT2D eigenvalue weighted by atomic mass is 16.7. The molecule has 1 amide bonds. The van der Waals surface area contributed by atoms with Crippen molar-refractivity contribution in [3.8, 4) is 17.2 Å². The molecule has 136 valence electrons. The van der Waals surface area contributed by atoms with E-state index in [1.807, 2.05) is 13.0 Å². The summed E-state index contributed by atoms with van der Waals surface area (Å²) in [6, 6.07) is 10.4. The number of aryl methyl sites for hydroxylation is 1. The van der Waals surface area contributed by atoms with Crippen molar-refractivity contribution in [1.82, 2.24) is 5.32 Å². The first-order valence-corrected chi connectivity index (χ1v) is 8.04. The van der Waals surface area contributed by atoms with Gasteiger partial charge in [-0.05, 0) is 42.3 Å². The Hall–Kier alpha value is -3.22. The van der Waals surface area contributed by atoms with E-state index in [0.717, 1.165) is 11.1 Å². The highest BCUT2D eigenvalue weighted by molar-refractivity contribution is 5.91. The topological polar surface area (TPSA) is 83.1 Å². The fraction of sp³-hybridized carbons (Fsp3) is 0.263. The van der Waals surface area contributed by atoms with Crippen LogP contribution < -0.4 is 19.5 Å². The smallest absolute Gasteiger partial charge is 0.338 e. The first kappa shape index (κ1) is 17.6. The van der Waals surface area contributed by atoms with Gasteiger partial charge in [-0.1, -0.05) is 12.1 Å². The lowest BCUT2D eigenvalue weighted by atomic mass is 10.1. The van der Waals surface area contributed by atoms with E-state index < -0.39 is 11.9 Å². The SMILES string of the molecule is COc1cc(C(=O)OCC(=O)NCc2ccc3c(c2)OCO3)ccc1C. The van der Waals surface area contributed by atoms with Crippen LogP contribution in [0.15, 0.2) is 36.4 Å². The van der Waals surface area contributed by atoms with E-state index >= 15 is 0 Å². The van der Waals surface area contributed by atoms with Crippen LogP contribution in [0.1, 0.15) is 21.5 Å². The van der Waals surface area contributed by atoms with E-state index in [1.54, 1.807) is 30.3 Å². The number of nitrogens with one attached hydrogen (secondary N) is 1. The first-order chi connectivity index (χ1) is 12.6. The summed E-state index contributed by atoms with van der Waals surface area (Å²) in [5.41, 5.74) is 2.10. The van der Waals surface area contributed by atoms with Crippen LogP contribution in [0.2, 0.25) is 0 Å². The molecule has 0 spiro atoms. The zero-order chi connectivity index (χ0) is 18.5. The van der Waals surface area contributed by atoms with Crippen LogP contribution in [0.5, 0.6) is 17.2 Å². The molecule has 1 N–H and O–H groups in total. The Labute approximate surface area is 150 Å². The van der Waals surface area contributed by atoms with E-state index in [1.165, 1.54) is 7.11 Å². The van der Waals surface area contributed by atoms with Gasteiger partial charge < -0.3 is 24.3 Å². The van der Waals surface area contributed by atoms with E-state index in [4.69, 9.17) is 18.9 Å². The summed E-state index contributed by atoms with van der Waals surface area (Å²) in [6.45, 7) is 2.01. The molecule has 0 unspecified atom stereocenters. The number of ether oxygens (including phenoxy) is 4. The Kier molecular flexibility index (Phi) is 5.26. The molecule has 0 radical (unpaired) electrons. The van der Waals surface area contributed by atoms with Gasteiger partial charge in [-0.15, -0.1) is 0 Å². The highest BCUT2D eigenvalue weighted by Gasteiger charge is 2.14. The lowest BCUT2D eigenvalue weighted by Gasteiger charge is -2.09. The average Bonchev–Trinajstić information content (AvgIpc) is 3.12. The van der Waals surface area contributed by atoms with Crippen molar-refractivity contribution in [2.45, 2.75) is 13.5 Å². The molecule has 1 aliphatic rings. The number of amides is 1. The van der Waals surface area contributed by atoms with Gasteiger partial charge in [0, 0.05) is 6.54 Å². The molecule has 0 aliphatic carbocycles.